The van der Waals surface area contributed by atoms with Gasteiger partial charge in [0.15, 0.2) is 0 Å². The van der Waals surface area contributed by atoms with Gasteiger partial charge in [-0.3, -0.25) is 0 Å². The van der Waals surface area contributed by atoms with Gasteiger partial charge in [0.05, 0.1) is 0 Å². The van der Waals surface area contributed by atoms with E-state index in [2.05, 4.69) is 32.5 Å². The summed E-state index contributed by atoms with van der Waals surface area (Å²) in [7, 11) is 0. The van der Waals surface area contributed by atoms with E-state index in [1.165, 1.54) is 38.5 Å². The minimum absolute atomic E-state index is 0.441. The average molecular weight is 229 g/mol. The van der Waals surface area contributed by atoms with E-state index in [9.17, 15) is 0 Å². The first kappa shape index (κ1) is 13.4. The first-order valence-electron chi connectivity index (χ1n) is 6.52. The molecule has 0 radical (unpaired) electrons. The Bertz CT molecular complexity index is 170. The van der Waals surface area contributed by atoms with E-state index in [0.29, 0.717) is 11.3 Å². The average Bonchev–Trinajstić information content (AvgIpc) is 2.17. The lowest BCUT2D eigenvalue weighted by Gasteiger charge is -2.29. The Balaban J connectivity index is 2.41. The molecule has 0 amide bonds. The minimum atomic E-state index is 0.441. The summed E-state index contributed by atoms with van der Waals surface area (Å²) in [4.78, 5) is 0. The van der Waals surface area contributed by atoms with Crippen molar-refractivity contribution in [1.82, 2.24) is 0 Å². The van der Waals surface area contributed by atoms with Gasteiger partial charge in [0.1, 0.15) is 0 Å². The molecule has 0 heterocycles. The molecule has 0 saturated heterocycles. The smallest absolute Gasteiger partial charge is 0.0201 e. The fraction of sp³-hybridized carbons (Fsp3) is 1.00. The van der Waals surface area contributed by atoms with Crippen LogP contribution < -0.4 is 5.73 Å². The fourth-order valence-electron chi connectivity index (χ4n) is 2.08. The first-order valence-corrected chi connectivity index (χ1v) is 7.46. The zero-order chi connectivity index (χ0) is 11.3. The van der Waals surface area contributed by atoms with Crippen molar-refractivity contribution in [2.45, 2.75) is 75.8 Å². The second-order valence-corrected chi connectivity index (χ2v) is 6.90. The Morgan fingerprint density at radius 2 is 1.60 bits per heavy atom. The summed E-state index contributed by atoms with van der Waals surface area (Å²) in [5.74, 6) is 0.771. The molecule has 0 aliphatic heterocycles. The Morgan fingerprint density at radius 3 is 2.20 bits per heavy atom. The monoisotopic (exact) mass is 229 g/mol. The van der Waals surface area contributed by atoms with Gasteiger partial charge in [0.2, 0.25) is 0 Å². The third-order valence-electron chi connectivity index (χ3n) is 3.58. The molecule has 1 aliphatic carbocycles. The number of thioether (sulfide) groups is 1. The van der Waals surface area contributed by atoms with Crippen molar-refractivity contribution >= 4 is 11.8 Å². The second kappa shape index (κ2) is 6.80. The van der Waals surface area contributed by atoms with Crippen LogP contribution in [-0.2, 0) is 0 Å². The zero-order valence-electron chi connectivity index (χ0n) is 10.5. The second-order valence-electron chi connectivity index (χ2n) is 5.28. The van der Waals surface area contributed by atoms with Crippen molar-refractivity contribution in [3.8, 4) is 0 Å². The van der Waals surface area contributed by atoms with Crippen LogP contribution in [0.5, 0.6) is 0 Å². The van der Waals surface area contributed by atoms with Crippen LogP contribution in [0.3, 0.4) is 0 Å². The lowest BCUT2D eigenvalue weighted by atomic mass is 9.97. The normalized spacial score (nSPS) is 31.0. The summed E-state index contributed by atoms with van der Waals surface area (Å²) in [6, 6.07) is 0.441. The molecule has 1 rings (SSSR count). The lowest BCUT2D eigenvalue weighted by molar-refractivity contribution is 0.461. The molecule has 1 saturated carbocycles. The molecule has 1 nitrogen and oxygen atoms in total. The number of hydrogen-bond donors (Lipinski definition) is 1. The third-order valence-corrected chi connectivity index (χ3v) is 5.49. The minimum Gasteiger partial charge on any atom is -0.327 e. The third kappa shape index (κ3) is 4.78. The Hall–Kier alpha value is 0.310. The molecule has 3 unspecified atom stereocenters. The first-order chi connectivity index (χ1) is 7.11. The highest BCUT2D eigenvalue weighted by atomic mass is 32.2. The van der Waals surface area contributed by atoms with E-state index < -0.39 is 0 Å². The van der Waals surface area contributed by atoms with Gasteiger partial charge in [-0.2, -0.15) is 11.8 Å². The molecule has 1 fully saturated rings. The van der Waals surface area contributed by atoms with Crippen LogP contribution in [0.4, 0.5) is 0 Å². The van der Waals surface area contributed by atoms with Crippen molar-refractivity contribution < 1.29 is 0 Å². The van der Waals surface area contributed by atoms with Crippen molar-refractivity contribution in [2.24, 2.45) is 11.7 Å². The van der Waals surface area contributed by atoms with Gasteiger partial charge in [-0.05, 0) is 18.8 Å². The predicted molar refractivity (Wildman–Crippen MR) is 71.4 cm³/mol. The quantitative estimate of drug-likeness (QED) is 0.796. The van der Waals surface area contributed by atoms with Crippen molar-refractivity contribution in [3.05, 3.63) is 0 Å². The van der Waals surface area contributed by atoms with Gasteiger partial charge in [0, 0.05) is 16.5 Å². The van der Waals surface area contributed by atoms with E-state index in [-0.39, 0.29) is 0 Å². The van der Waals surface area contributed by atoms with Crippen LogP contribution >= 0.6 is 11.8 Å². The Kier molecular flexibility index (Phi) is 6.06. The lowest BCUT2D eigenvalue weighted by Crippen LogP contribution is -2.35. The number of nitrogens with two attached hydrogens (primary N) is 1. The summed E-state index contributed by atoms with van der Waals surface area (Å²) in [5, 5.41) is 1.46. The molecule has 0 aromatic carbocycles. The predicted octanol–water partition coefficient (Wildman–Crippen LogP) is 3.81. The van der Waals surface area contributed by atoms with Crippen molar-refractivity contribution in [1.29, 1.82) is 0 Å². The van der Waals surface area contributed by atoms with E-state index in [0.717, 1.165) is 11.2 Å². The molecular formula is C13H27NS. The highest BCUT2D eigenvalue weighted by Crippen LogP contribution is 2.31. The standard InChI is InChI=1S/C13H27NS/c1-10(2)11(3)15-13-9-7-5-4-6-8-12(13)14/h10-13H,4-9,14H2,1-3H3. The molecule has 0 bridgehead atoms. The maximum Gasteiger partial charge on any atom is 0.0201 e. The molecule has 1 aliphatic rings. The van der Waals surface area contributed by atoms with Crippen LogP contribution in [0.2, 0.25) is 0 Å². The van der Waals surface area contributed by atoms with E-state index in [1.807, 2.05) is 0 Å². The molecule has 0 aromatic heterocycles. The summed E-state index contributed by atoms with van der Waals surface area (Å²) < 4.78 is 0. The molecule has 2 N–H and O–H groups in total. The van der Waals surface area contributed by atoms with Crippen LogP contribution in [0.1, 0.15) is 59.3 Å². The topological polar surface area (TPSA) is 26.0 Å². The van der Waals surface area contributed by atoms with Crippen LogP contribution in [0, 0.1) is 5.92 Å². The Morgan fingerprint density at radius 1 is 1.00 bits per heavy atom. The van der Waals surface area contributed by atoms with Gasteiger partial charge >= 0.3 is 0 Å². The van der Waals surface area contributed by atoms with E-state index in [1.54, 1.807) is 0 Å². The zero-order valence-corrected chi connectivity index (χ0v) is 11.4. The van der Waals surface area contributed by atoms with E-state index in [4.69, 9.17) is 5.73 Å². The van der Waals surface area contributed by atoms with Crippen molar-refractivity contribution in [2.75, 3.05) is 0 Å². The molecule has 90 valence electrons. The molecule has 15 heavy (non-hydrogen) atoms. The van der Waals surface area contributed by atoms with Gasteiger partial charge in [-0.1, -0.05) is 46.5 Å². The summed E-state index contributed by atoms with van der Waals surface area (Å²) in [5.41, 5.74) is 6.28. The highest BCUT2D eigenvalue weighted by molar-refractivity contribution is 8.00. The Labute approximate surface area is 99.6 Å². The summed E-state index contributed by atoms with van der Waals surface area (Å²) in [6.07, 6.45) is 8.11. The highest BCUT2D eigenvalue weighted by Gasteiger charge is 2.22. The number of rotatable bonds is 3. The SMILES string of the molecule is CC(C)C(C)SC1CCCCCCC1N. The van der Waals surface area contributed by atoms with Crippen LogP contribution in [-0.4, -0.2) is 16.5 Å². The fourth-order valence-corrected chi connectivity index (χ4v) is 3.59. The maximum atomic E-state index is 6.28. The summed E-state index contributed by atoms with van der Waals surface area (Å²) >= 11 is 2.13. The molecular weight excluding hydrogens is 202 g/mol. The van der Waals surface area contributed by atoms with E-state index >= 15 is 0 Å². The number of hydrogen-bond acceptors (Lipinski definition) is 2. The van der Waals surface area contributed by atoms with Gasteiger partial charge < -0.3 is 5.73 Å². The molecule has 0 spiro atoms. The van der Waals surface area contributed by atoms with Gasteiger partial charge in [0.25, 0.3) is 0 Å². The summed E-state index contributed by atoms with van der Waals surface area (Å²) in [6.45, 7) is 6.97. The maximum absolute atomic E-state index is 6.28. The largest absolute Gasteiger partial charge is 0.327 e. The van der Waals surface area contributed by atoms with Gasteiger partial charge in [-0.15, -0.1) is 0 Å². The van der Waals surface area contributed by atoms with Gasteiger partial charge in [-0.25, -0.2) is 0 Å². The van der Waals surface area contributed by atoms with Crippen molar-refractivity contribution in [3.63, 3.8) is 0 Å². The molecule has 3 atom stereocenters. The van der Waals surface area contributed by atoms with Crippen LogP contribution in [0.25, 0.3) is 0 Å². The molecule has 2 heteroatoms. The molecule has 0 aromatic rings. The van der Waals surface area contributed by atoms with Crippen LogP contribution in [0.15, 0.2) is 0 Å².